The molecule has 0 saturated carbocycles. The largest absolute Gasteiger partial charge is 0.494 e. The first-order valence-corrected chi connectivity index (χ1v) is 13.5. The van der Waals surface area contributed by atoms with Crippen molar-refractivity contribution in [3.63, 3.8) is 0 Å². The molecule has 2 aromatic rings. The Hall–Kier alpha value is -3.81. The van der Waals surface area contributed by atoms with Gasteiger partial charge in [-0.3, -0.25) is 4.79 Å². The second kappa shape index (κ2) is 18.4. The van der Waals surface area contributed by atoms with E-state index >= 15 is 0 Å². The molecule has 0 fully saturated rings. The zero-order valence-electron chi connectivity index (χ0n) is 23.1. The molecule has 0 amide bonds. The van der Waals surface area contributed by atoms with E-state index in [0.717, 1.165) is 63.0 Å². The van der Waals surface area contributed by atoms with Gasteiger partial charge in [-0.2, -0.15) is 0 Å². The first kappa shape index (κ1) is 31.4. The Balaban J connectivity index is 1.65. The average molecular weight is 541 g/mol. The van der Waals surface area contributed by atoms with Crippen LogP contribution < -0.4 is 14.2 Å². The zero-order valence-corrected chi connectivity index (χ0v) is 23.1. The van der Waals surface area contributed by atoms with Gasteiger partial charge in [0.15, 0.2) is 0 Å². The minimum atomic E-state index is -0.431. The second-order valence-corrected chi connectivity index (χ2v) is 9.07. The van der Waals surface area contributed by atoms with Crippen LogP contribution in [0, 0.1) is 6.92 Å². The van der Waals surface area contributed by atoms with Crippen LogP contribution in [-0.4, -0.2) is 44.3 Å². The van der Waals surface area contributed by atoms with Crippen LogP contribution in [0.25, 0.3) is 0 Å². The Morgan fingerprint density at radius 2 is 1.21 bits per heavy atom. The van der Waals surface area contributed by atoms with Crippen LogP contribution in [0.1, 0.15) is 74.2 Å². The average Bonchev–Trinajstić information content (AvgIpc) is 2.92. The van der Waals surface area contributed by atoms with Gasteiger partial charge < -0.3 is 23.7 Å². The van der Waals surface area contributed by atoms with Gasteiger partial charge in [0.25, 0.3) is 0 Å². The quantitative estimate of drug-likeness (QED) is 0.0876. The molecule has 0 aliphatic rings. The summed E-state index contributed by atoms with van der Waals surface area (Å²) in [6.45, 7) is 8.66. The highest BCUT2D eigenvalue weighted by molar-refractivity contribution is 5.92. The molecule has 0 atom stereocenters. The van der Waals surface area contributed by atoms with Gasteiger partial charge in [-0.25, -0.2) is 9.59 Å². The van der Waals surface area contributed by atoms with Gasteiger partial charge in [0, 0.05) is 13.0 Å². The van der Waals surface area contributed by atoms with Crippen molar-refractivity contribution in [1.82, 2.24) is 0 Å². The molecule has 212 valence electrons. The van der Waals surface area contributed by atoms with Crippen molar-refractivity contribution >= 4 is 17.9 Å². The molecule has 8 heteroatoms. The number of esters is 3. The van der Waals surface area contributed by atoms with Crippen LogP contribution in [0.5, 0.6) is 17.2 Å². The first-order chi connectivity index (χ1) is 18.9. The summed E-state index contributed by atoms with van der Waals surface area (Å²) in [6, 6.07) is 12.3. The van der Waals surface area contributed by atoms with Crippen LogP contribution in [-0.2, 0) is 19.1 Å². The number of unbranched alkanes of at least 4 members (excludes halogenated alkanes) is 6. The predicted molar refractivity (Wildman–Crippen MR) is 148 cm³/mol. The van der Waals surface area contributed by atoms with Crippen molar-refractivity contribution in [2.24, 2.45) is 0 Å². The molecule has 0 N–H and O–H groups in total. The molecule has 2 rings (SSSR count). The minimum Gasteiger partial charge on any atom is -0.494 e. The van der Waals surface area contributed by atoms with E-state index in [1.165, 1.54) is 6.92 Å². The summed E-state index contributed by atoms with van der Waals surface area (Å²) in [6.07, 6.45) is 8.52. The smallest absolute Gasteiger partial charge is 0.343 e. The summed E-state index contributed by atoms with van der Waals surface area (Å²) in [5.41, 5.74) is 1.25. The maximum absolute atomic E-state index is 12.7. The van der Waals surface area contributed by atoms with E-state index in [2.05, 4.69) is 6.58 Å². The summed E-state index contributed by atoms with van der Waals surface area (Å²) < 4.78 is 26.9. The first-order valence-electron chi connectivity index (χ1n) is 13.5. The number of hydrogen-bond donors (Lipinski definition) is 0. The Morgan fingerprint density at radius 1 is 0.692 bits per heavy atom. The van der Waals surface area contributed by atoms with Crippen molar-refractivity contribution in [1.29, 1.82) is 0 Å². The molecular formula is C31H40O8. The van der Waals surface area contributed by atoms with Gasteiger partial charge >= 0.3 is 17.9 Å². The normalized spacial score (nSPS) is 10.4. The number of aryl methyl sites for hydroxylation is 1. The van der Waals surface area contributed by atoms with Crippen LogP contribution in [0.2, 0.25) is 0 Å². The highest BCUT2D eigenvalue weighted by Crippen LogP contribution is 2.22. The van der Waals surface area contributed by atoms with Crippen LogP contribution in [0.3, 0.4) is 0 Å². The maximum atomic E-state index is 12.7. The Morgan fingerprint density at radius 3 is 1.77 bits per heavy atom. The summed E-state index contributed by atoms with van der Waals surface area (Å²) in [7, 11) is 0. The molecule has 0 aliphatic heterocycles. The molecule has 0 aliphatic carbocycles. The third-order valence-electron chi connectivity index (χ3n) is 5.78. The predicted octanol–water partition coefficient (Wildman–Crippen LogP) is 6.38. The Bertz CT molecular complexity index is 1050. The van der Waals surface area contributed by atoms with E-state index in [4.69, 9.17) is 23.7 Å². The second-order valence-electron chi connectivity index (χ2n) is 9.07. The fourth-order valence-electron chi connectivity index (χ4n) is 3.66. The highest BCUT2D eigenvalue weighted by Gasteiger charge is 2.13. The third kappa shape index (κ3) is 13.5. The summed E-state index contributed by atoms with van der Waals surface area (Å²) >= 11 is 0. The molecular weight excluding hydrogens is 500 g/mol. The van der Waals surface area contributed by atoms with Crippen molar-refractivity contribution in [2.45, 2.75) is 65.2 Å². The molecule has 0 radical (unpaired) electrons. The number of ether oxygens (including phenoxy) is 5. The van der Waals surface area contributed by atoms with Crippen LogP contribution in [0.4, 0.5) is 0 Å². The summed E-state index contributed by atoms with van der Waals surface area (Å²) in [5.74, 6) is 0.790. The minimum absolute atomic E-state index is 0.244. The van der Waals surface area contributed by atoms with Crippen LogP contribution >= 0.6 is 0 Å². The van der Waals surface area contributed by atoms with Crippen molar-refractivity contribution < 1.29 is 38.1 Å². The molecule has 2 aromatic carbocycles. The topological polar surface area (TPSA) is 97.4 Å². The van der Waals surface area contributed by atoms with E-state index in [0.29, 0.717) is 49.2 Å². The van der Waals surface area contributed by atoms with Crippen molar-refractivity contribution in [2.75, 3.05) is 26.4 Å². The lowest BCUT2D eigenvalue weighted by Gasteiger charge is -2.11. The monoisotopic (exact) mass is 540 g/mol. The molecule has 39 heavy (non-hydrogen) atoms. The van der Waals surface area contributed by atoms with E-state index in [-0.39, 0.29) is 11.9 Å². The number of rotatable bonds is 19. The fraction of sp³-hybridized carbons (Fsp3) is 0.452. The third-order valence-corrected chi connectivity index (χ3v) is 5.78. The Kier molecular flexibility index (Phi) is 14.9. The Labute approximate surface area is 231 Å². The molecule has 0 saturated heterocycles. The highest BCUT2D eigenvalue weighted by atomic mass is 16.5. The van der Waals surface area contributed by atoms with E-state index in [1.807, 2.05) is 13.0 Å². The van der Waals surface area contributed by atoms with Gasteiger partial charge in [-0.15, -0.1) is 0 Å². The molecule has 0 heterocycles. The molecule has 0 unspecified atom stereocenters. The number of carbonyl (C=O) groups excluding carboxylic acids is 3. The van der Waals surface area contributed by atoms with Gasteiger partial charge in [0.1, 0.15) is 17.2 Å². The van der Waals surface area contributed by atoms with Crippen molar-refractivity contribution in [3.8, 4) is 17.2 Å². The van der Waals surface area contributed by atoms with Gasteiger partial charge in [0.05, 0.1) is 32.0 Å². The van der Waals surface area contributed by atoms with Gasteiger partial charge in [-0.05, 0) is 106 Å². The molecule has 0 spiro atoms. The van der Waals surface area contributed by atoms with E-state index < -0.39 is 5.97 Å². The standard InChI is InChI=1S/C31H40O8/c1-4-30(33)38-22-12-8-7-10-20-36-26-13-15-27(16-14-26)39-31(34)29-18-17-28(23-24(29)2)37-21-11-6-5-9-19-35-25(3)32/h4,13-18,23H,1,5-12,19-22H2,2-3H3. The lowest BCUT2D eigenvalue weighted by molar-refractivity contribution is -0.141. The van der Waals surface area contributed by atoms with Gasteiger partial charge in [-0.1, -0.05) is 6.58 Å². The number of benzene rings is 2. The molecule has 8 nitrogen and oxygen atoms in total. The van der Waals surface area contributed by atoms with E-state index in [9.17, 15) is 14.4 Å². The van der Waals surface area contributed by atoms with Gasteiger partial charge in [0.2, 0.25) is 0 Å². The fourth-order valence-corrected chi connectivity index (χ4v) is 3.66. The number of hydrogen-bond acceptors (Lipinski definition) is 8. The molecule has 0 bridgehead atoms. The van der Waals surface area contributed by atoms with Crippen molar-refractivity contribution in [3.05, 3.63) is 66.2 Å². The number of carbonyl (C=O) groups is 3. The van der Waals surface area contributed by atoms with Crippen LogP contribution in [0.15, 0.2) is 55.1 Å². The molecule has 0 aromatic heterocycles. The SMILES string of the molecule is C=CC(=O)OCCCCCCOc1ccc(OC(=O)c2ccc(OCCCCCCOC(C)=O)cc2C)cc1. The lowest BCUT2D eigenvalue weighted by atomic mass is 10.1. The summed E-state index contributed by atoms with van der Waals surface area (Å²) in [4.78, 5) is 34.4. The zero-order chi connectivity index (χ0) is 28.3. The lowest BCUT2D eigenvalue weighted by Crippen LogP contribution is -2.10. The summed E-state index contributed by atoms with van der Waals surface area (Å²) in [5, 5.41) is 0. The van der Waals surface area contributed by atoms with E-state index in [1.54, 1.807) is 36.4 Å². The maximum Gasteiger partial charge on any atom is 0.343 e.